The maximum atomic E-state index is 5.70. The van der Waals surface area contributed by atoms with Crippen molar-refractivity contribution in [1.82, 2.24) is 20.1 Å². The van der Waals surface area contributed by atoms with Crippen LogP contribution in [0.2, 0.25) is 0 Å². The van der Waals surface area contributed by atoms with Gasteiger partial charge in [-0.1, -0.05) is 6.42 Å². The van der Waals surface area contributed by atoms with E-state index in [4.69, 9.17) is 9.73 Å². The summed E-state index contributed by atoms with van der Waals surface area (Å²) in [6.45, 7) is 10.3. The average Bonchev–Trinajstić information content (AvgIpc) is 3.14. The van der Waals surface area contributed by atoms with Gasteiger partial charge in [0.05, 0.1) is 12.7 Å². The van der Waals surface area contributed by atoms with E-state index < -0.39 is 0 Å². The number of piperidine rings is 1. The highest BCUT2D eigenvalue weighted by Gasteiger charge is 2.26. The highest BCUT2D eigenvalue weighted by Crippen LogP contribution is 2.20. The largest absolute Gasteiger partial charge is 0.490 e. The van der Waals surface area contributed by atoms with Crippen molar-refractivity contribution in [3.63, 3.8) is 0 Å². The fraction of sp³-hybridized carbons (Fsp3) is 0.700. The summed E-state index contributed by atoms with van der Waals surface area (Å²) in [7, 11) is 0. The van der Waals surface area contributed by atoms with Crippen LogP contribution < -0.4 is 10.1 Å². The van der Waals surface area contributed by atoms with E-state index in [2.05, 4.69) is 27.0 Å². The van der Waals surface area contributed by atoms with E-state index in [-0.39, 0.29) is 24.0 Å². The number of pyridine rings is 1. The van der Waals surface area contributed by atoms with E-state index in [1.54, 1.807) is 12.4 Å². The quantitative estimate of drug-likeness (QED) is 0.278. The second-order valence-electron chi connectivity index (χ2n) is 7.23. The van der Waals surface area contributed by atoms with Gasteiger partial charge in [0, 0.05) is 32.4 Å². The van der Waals surface area contributed by atoms with Crippen molar-refractivity contribution in [3.8, 4) is 5.75 Å². The van der Waals surface area contributed by atoms with Crippen molar-refractivity contribution in [2.24, 2.45) is 10.9 Å². The number of nitrogens with zero attached hydrogens (tertiary/aromatic N) is 4. The summed E-state index contributed by atoms with van der Waals surface area (Å²) in [6.07, 6.45) is 8.91. The van der Waals surface area contributed by atoms with Crippen LogP contribution in [-0.4, -0.2) is 73.2 Å². The van der Waals surface area contributed by atoms with E-state index in [9.17, 15) is 0 Å². The number of rotatable bonds is 7. The van der Waals surface area contributed by atoms with Crippen LogP contribution in [0.1, 0.15) is 32.6 Å². The average molecular weight is 487 g/mol. The first kappa shape index (κ1) is 22.2. The Balaban J connectivity index is 0.00000261. The van der Waals surface area contributed by atoms with Gasteiger partial charge in [-0.2, -0.15) is 0 Å². The molecular weight excluding hydrogens is 453 g/mol. The number of likely N-dealkylation sites (tertiary alicyclic amines) is 2. The maximum Gasteiger partial charge on any atom is 0.194 e. The Labute approximate surface area is 180 Å². The molecule has 2 aliphatic heterocycles. The summed E-state index contributed by atoms with van der Waals surface area (Å²) in [5, 5.41) is 3.44. The van der Waals surface area contributed by atoms with Gasteiger partial charge in [-0.25, -0.2) is 4.99 Å². The third-order valence-corrected chi connectivity index (χ3v) is 5.14. The molecule has 0 spiro atoms. The van der Waals surface area contributed by atoms with Crippen molar-refractivity contribution in [2.75, 3.05) is 52.4 Å². The highest BCUT2D eigenvalue weighted by molar-refractivity contribution is 14.0. The normalized spacial score (nSPS) is 21.0. The molecule has 1 atom stereocenters. The predicted molar refractivity (Wildman–Crippen MR) is 121 cm³/mol. The number of hydrogen-bond donors (Lipinski definition) is 1. The van der Waals surface area contributed by atoms with Gasteiger partial charge in [-0.15, -0.1) is 24.0 Å². The van der Waals surface area contributed by atoms with E-state index >= 15 is 0 Å². The molecule has 6 nitrogen and oxygen atoms in total. The van der Waals surface area contributed by atoms with Crippen LogP contribution in [-0.2, 0) is 0 Å². The molecule has 3 rings (SSSR count). The van der Waals surface area contributed by atoms with Crippen LogP contribution in [0.15, 0.2) is 29.5 Å². The summed E-state index contributed by atoms with van der Waals surface area (Å²) in [6, 6.07) is 3.81. The molecule has 0 bridgehead atoms. The van der Waals surface area contributed by atoms with Gasteiger partial charge in [-0.05, 0) is 57.3 Å². The van der Waals surface area contributed by atoms with E-state index in [1.807, 2.05) is 12.1 Å². The van der Waals surface area contributed by atoms with Crippen molar-refractivity contribution in [1.29, 1.82) is 0 Å². The molecule has 0 saturated carbocycles. The fourth-order valence-corrected chi connectivity index (χ4v) is 3.85. The zero-order valence-corrected chi connectivity index (χ0v) is 18.8. The van der Waals surface area contributed by atoms with Crippen molar-refractivity contribution in [3.05, 3.63) is 24.5 Å². The number of ether oxygens (including phenoxy) is 1. The number of aromatic nitrogens is 1. The van der Waals surface area contributed by atoms with Gasteiger partial charge in [0.15, 0.2) is 5.96 Å². The van der Waals surface area contributed by atoms with Gasteiger partial charge in [0.2, 0.25) is 0 Å². The molecule has 3 heterocycles. The van der Waals surface area contributed by atoms with Crippen LogP contribution in [0.25, 0.3) is 0 Å². The molecule has 0 aromatic carbocycles. The lowest BCUT2D eigenvalue weighted by molar-refractivity contribution is 0.198. The number of halogens is 1. The molecule has 1 unspecified atom stereocenters. The van der Waals surface area contributed by atoms with Gasteiger partial charge < -0.3 is 19.9 Å². The maximum absolute atomic E-state index is 5.70. The van der Waals surface area contributed by atoms with Crippen LogP contribution in [0.3, 0.4) is 0 Å². The Bertz CT molecular complexity index is 551. The zero-order chi connectivity index (χ0) is 18.0. The molecule has 1 aromatic heterocycles. The molecule has 1 N–H and O–H groups in total. The summed E-state index contributed by atoms with van der Waals surface area (Å²) in [4.78, 5) is 13.9. The molecule has 152 valence electrons. The Hall–Kier alpha value is -1.09. The summed E-state index contributed by atoms with van der Waals surface area (Å²) in [5.41, 5.74) is 0. The molecule has 0 amide bonds. The Kier molecular flexibility index (Phi) is 10.2. The Morgan fingerprint density at radius 2 is 2.15 bits per heavy atom. The van der Waals surface area contributed by atoms with Gasteiger partial charge in [0.25, 0.3) is 0 Å². The number of aliphatic imine (C=N–C) groups is 1. The topological polar surface area (TPSA) is 53.0 Å². The van der Waals surface area contributed by atoms with Crippen LogP contribution in [0, 0.1) is 5.92 Å². The molecule has 2 fully saturated rings. The SMILES string of the molecule is CCNC(=NCCOc1cccnc1)N1CCC(CN2CCCCC2)C1.I. The van der Waals surface area contributed by atoms with Crippen LogP contribution in [0.4, 0.5) is 0 Å². The standard InChI is InChI=1S/C20H33N5O.HI/c1-2-22-20(23-10-14-26-19-7-6-9-21-15-19)25-13-8-18(17-25)16-24-11-4-3-5-12-24;/h6-7,9,15,18H,2-5,8,10-14,16-17H2,1H3,(H,22,23);1H. The molecule has 7 heteroatoms. The minimum absolute atomic E-state index is 0. The smallest absolute Gasteiger partial charge is 0.194 e. The molecule has 27 heavy (non-hydrogen) atoms. The summed E-state index contributed by atoms with van der Waals surface area (Å²) in [5.74, 6) is 2.60. The minimum Gasteiger partial charge on any atom is -0.490 e. The lowest BCUT2D eigenvalue weighted by Crippen LogP contribution is -2.41. The Morgan fingerprint density at radius 3 is 2.89 bits per heavy atom. The molecule has 2 aliphatic rings. The van der Waals surface area contributed by atoms with Gasteiger partial charge >= 0.3 is 0 Å². The second kappa shape index (κ2) is 12.4. The van der Waals surface area contributed by atoms with E-state index in [0.717, 1.165) is 37.3 Å². The molecule has 1 aromatic rings. The first-order chi connectivity index (χ1) is 12.8. The number of nitrogens with one attached hydrogen (secondary N) is 1. The van der Waals surface area contributed by atoms with Crippen molar-refractivity contribution >= 4 is 29.9 Å². The molecule has 0 aliphatic carbocycles. The summed E-state index contributed by atoms with van der Waals surface area (Å²) < 4.78 is 5.70. The number of guanidine groups is 1. The zero-order valence-electron chi connectivity index (χ0n) is 16.5. The first-order valence-corrected chi connectivity index (χ1v) is 10.1. The van der Waals surface area contributed by atoms with Crippen LogP contribution in [0.5, 0.6) is 5.75 Å². The monoisotopic (exact) mass is 487 g/mol. The van der Waals surface area contributed by atoms with E-state index in [1.165, 1.54) is 45.3 Å². The van der Waals surface area contributed by atoms with Crippen LogP contribution >= 0.6 is 24.0 Å². The molecule has 2 saturated heterocycles. The second-order valence-corrected chi connectivity index (χ2v) is 7.23. The fourth-order valence-electron chi connectivity index (χ4n) is 3.85. The molecular formula is C20H34IN5O. The van der Waals surface area contributed by atoms with Crippen molar-refractivity contribution in [2.45, 2.75) is 32.6 Å². The van der Waals surface area contributed by atoms with E-state index in [0.29, 0.717) is 13.2 Å². The number of hydrogen-bond acceptors (Lipinski definition) is 4. The van der Waals surface area contributed by atoms with Crippen molar-refractivity contribution < 1.29 is 4.74 Å². The van der Waals surface area contributed by atoms with Gasteiger partial charge in [0.1, 0.15) is 12.4 Å². The minimum atomic E-state index is 0. The molecule has 0 radical (unpaired) electrons. The highest BCUT2D eigenvalue weighted by atomic mass is 127. The lowest BCUT2D eigenvalue weighted by atomic mass is 10.1. The third kappa shape index (κ3) is 7.44. The third-order valence-electron chi connectivity index (χ3n) is 5.14. The predicted octanol–water partition coefficient (Wildman–Crippen LogP) is 2.85. The first-order valence-electron chi connectivity index (χ1n) is 10.1. The summed E-state index contributed by atoms with van der Waals surface area (Å²) >= 11 is 0. The lowest BCUT2D eigenvalue weighted by Gasteiger charge is -2.29. The Morgan fingerprint density at radius 1 is 1.30 bits per heavy atom. The van der Waals surface area contributed by atoms with Gasteiger partial charge in [-0.3, -0.25) is 4.98 Å².